The van der Waals surface area contributed by atoms with Gasteiger partial charge in [-0.15, -0.1) is 0 Å². The lowest BCUT2D eigenvalue weighted by Gasteiger charge is -2.30. The Bertz CT molecular complexity index is 1770. The van der Waals surface area contributed by atoms with E-state index in [1.165, 1.54) is 18.1 Å². The maximum absolute atomic E-state index is 13.8. The molecule has 2 aliphatic rings. The maximum Gasteiger partial charge on any atom is 0.291 e. The highest BCUT2D eigenvalue weighted by molar-refractivity contribution is 7.91. The summed E-state index contributed by atoms with van der Waals surface area (Å²) in [5, 5.41) is 0.602. The molecule has 6 rings (SSSR count). The molecule has 1 fully saturated rings. The van der Waals surface area contributed by atoms with Crippen LogP contribution in [-0.4, -0.2) is 43.9 Å². The summed E-state index contributed by atoms with van der Waals surface area (Å²) in [7, 11) is -1.81. The van der Waals surface area contributed by atoms with Crippen molar-refractivity contribution >= 4 is 38.3 Å². The smallest absolute Gasteiger partial charge is 0.291 e. The molecule has 0 aliphatic carbocycles. The zero-order valence-electron chi connectivity index (χ0n) is 20.9. The third kappa shape index (κ3) is 4.55. The summed E-state index contributed by atoms with van der Waals surface area (Å²) in [5.74, 6) is 0.0810. The van der Waals surface area contributed by atoms with Crippen molar-refractivity contribution in [2.24, 2.45) is 0 Å². The molecule has 2 atom stereocenters. The average Bonchev–Trinajstić information content (AvgIpc) is 3.44. The standard InChI is InChI=1S/C29H24ClNO7S/c1-36-24-13-18(7-9-23(24)37-15-17-5-3-2-4-6-17)26-25-27(32)21-14-19(30)8-10-22(21)38-28(25)29(33)31(26)20-11-12-39(34,35)16-20/h2-10,13-14,20,26H,11-12,15-16H2,1H3. The monoisotopic (exact) mass is 565 g/mol. The molecule has 39 heavy (non-hydrogen) atoms. The molecule has 0 bridgehead atoms. The van der Waals surface area contributed by atoms with Crippen LogP contribution in [-0.2, 0) is 16.4 Å². The Labute approximate surface area is 229 Å². The molecular weight excluding hydrogens is 542 g/mol. The second kappa shape index (κ2) is 9.73. The van der Waals surface area contributed by atoms with E-state index >= 15 is 0 Å². The Morgan fingerprint density at radius 1 is 1.03 bits per heavy atom. The van der Waals surface area contributed by atoms with Gasteiger partial charge in [-0.25, -0.2) is 8.42 Å². The number of benzene rings is 3. The number of fused-ring (bicyclic) bond motifs is 2. The van der Waals surface area contributed by atoms with Crippen LogP contribution in [0.4, 0.5) is 0 Å². The summed E-state index contributed by atoms with van der Waals surface area (Å²) < 4.78 is 42.3. The van der Waals surface area contributed by atoms with Gasteiger partial charge in [-0.05, 0) is 47.9 Å². The van der Waals surface area contributed by atoms with Gasteiger partial charge >= 0.3 is 0 Å². The average molecular weight is 566 g/mol. The summed E-state index contributed by atoms with van der Waals surface area (Å²) in [6.45, 7) is 0.323. The third-order valence-corrected chi connectivity index (χ3v) is 9.20. The van der Waals surface area contributed by atoms with E-state index < -0.39 is 27.8 Å². The van der Waals surface area contributed by atoms with Gasteiger partial charge in [-0.3, -0.25) is 9.59 Å². The number of carbonyl (C=O) groups is 1. The number of halogens is 1. The highest BCUT2D eigenvalue weighted by atomic mass is 35.5. The minimum atomic E-state index is -3.32. The van der Waals surface area contributed by atoms with Crippen molar-refractivity contribution in [2.75, 3.05) is 18.6 Å². The lowest BCUT2D eigenvalue weighted by Crippen LogP contribution is -2.40. The summed E-state index contributed by atoms with van der Waals surface area (Å²) in [6, 6.07) is 18.0. The van der Waals surface area contributed by atoms with Gasteiger partial charge in [0.25, 0.3) is 5.91 Å². The minimum absolute atomic E-state index is 0.0287. The Kier molecular flexibility index (Phi) is 6.35. The van der Waals surface area contributed by atoms with Crippen LogP contribution in [0, 0.1) is 0 Å². The fraction of sp³-hybridized carbons (Fsp3) is 0.241. The number of hydrogen-bond acceptors (Lipinski definition) is 7. The van der Waals surface area contributed by atoms with E-state index in [1.807, 2.05) is 30.3 Å². The largest absolute Gasteiger partial charge is 0.493 e. The molecule has 2 aliphatic heterocycles. The Morgan fingerprint density at radius 3 is 2.54 bits per heavy atom. The van der Waals surface area contributed by atoms with Crippen LogP contribution in [0.15, 0.2) is 75.9 Å². The van der Waals surface area contributed by atoms with Gasteiger partial charge in [-0.2, -0.15) is 0 Å². The second-order valence-corrected chi connectivity index (χ2v) is 12.3. The van der Waals surface area contributed by atoms with Crippen LogP contribution < -0.4 is 14.9 Å². The van der Waals surface area contributed by atoms with Crippen molar-refractivity contribution in [1.29, 1.82) is 0 Å². The van der Waals surface area contributed by atoms with Crippen LogP contribution in [0.5, 0.6) is 11.5 Å². The van der Waals surface area contributed by atoms with Gasteiger partial charge < -0.3 is 18.8 Å². The Balaban J connectivity index is 1.47. The molecule has 0 saturated carbocycles. The summed E-state index contributed by atoms with van der Waals surface area (Å²) in [4.78, 5) is 29.0. The Hall–Kier alpha value is -3.82. The van der Waals surface area contributed by atoms with Gasteiger partial charge in [0, 0.05) is 11.1 Å². The fourth-order valence-corrected chi connectivity index (χ4v) is 7.25. The molecule has 1 amide bonds. The first-order chi connectivity index (χ1) is 18.8. The van der Waals surface area contributed by atoms with Crippen molar-refractivity contribution in [2.45, 2.75) is 25.1 Å². The van der Waals surface area contributed by atoms with E-state index in [4.69, 9.17) is 25.5 Å². The molecule has 10 heteroatoms. The number of methoxy groups -OCH3 is 1. The first-order valence-corrected chi connectivity index (χ1v) is 14.6. The summed E-state index contributed by atoms with van der Waals surface area (Å²) in [5.41, 5.74) is 1.55. The van der Waals surface area contributed by atoms with Crippen LogP contribution in [0.3, 0.4) is 0 Å². The first-order valence-electron chi connectivity index (χ1n) is 12.4. The van der Waals surface area contributed by atoms with Gasteiger partial charge in [-0.1, -0.05) is 48.0 Å². The molecule has 3 heterocycles. The number of amides is 1. The number of carbonyl (C=O) groups excluding carboxylic acids is 1. The van der Waals surface area contributed by atoms with Gasteiger partial charge in [0.2, 0.25) is 5.76 Å². The topological polar surface area (TPSA) is 103 Å². The SMILES string of the molecule is COc1cc(C2c3c(oc4ccc(Cl)cc4c3=O)C(=O)N2C2CCS(=O)(=O)C2)ccc1OCc1ccccc1. The maximum atomic E-state index is 13.8. The molecule has 2 unspecified atom stereocenters. The quantitative estimate of drug-likeness (QED) is 0.332. The second-order valence-electron chi connectivity index (χ2n) is 9.67. The van der Waals surface area contributed by atoms with Crippen molar-refractivity contribution in [3.63, 3.8) is 0 Å². The fourth-order valence-electron chi connectivity index (χ4n) is 5.37. The van der Waals surface area contributed by atoms with E-state index in [9.17, 15) is 18.0 Å². The van der Waals surface area contributed by atoms with E-state index in [2.05, 4.69) is 0 Å². The van der Waals surface area contributed by atoms with E-state index in [0.717, 1.165) is 5.56 Å². The van der Waals surface area contributed by atoms with E-state index in [0.29, 0.717) is 28.7 Å². The molecule has 4 aromatic rings. The minimum Gasteiger partial charge on any atom is -0.493 e. The predicted molar refractivity (Wildman–Crippen MR) is 146 cm³/mol. The van der Waals surface area contributed by atoms with Crippen molar-refractivity contribution in [1.82, 2.24) is 4.90 Å². The van der Waals surface area contributed by atoms with E-state index in [1.54, 1.807) is 30.3 Å². The van der Waals surface area contributed by atoms with Crippen molar-refractivity contribution in [3.8, 4) is 11.5 Å². The number of rotatable bonds is 6. The van der Waals surface area contributed by atoms with Gasteiger partial charge in [0.1, 0.15) is 12.2 Å². The van der Waals surface area contributed by atoms with Crippen molar-refractivity contribution in [3.05, 3.63) is 104 Å². The number of nitrogens with zero attached hydrogens (tertiary/aromatic N) is 1. The number of sulfone groups is 1. The summed E-state index contributed by atoms with van der Waals surface area (Å²) in [6.07, 6.45) is 0.271. The van der Waals surface area contributed by atoms with Gasteiger partial charge in [0.05, 0.1) is 35.6 Å². The first kappa shape index (κ1) is 25.5. The zero-order chi connectivity index (χ0) is 27.3. The van der Waals surface area contributed by atoms with Crippen LogP contribution in [0.1, 0.15) is 39.7 Å². The molecule has 0 spiro atoms. The lowest BCUT2D eigenvalue weighted by molar-refractivity contribution is 0.0662. The predicted octanol–water partition coefficient (Wildman–Crippen LogP) is 4.77. The molecule has 1 aromatic heterocycles. The molecule has 0 N–H and O–H groups in total. The van der Waals surface area contributed by atoms with E-state index in [-0.39, 0.29) is 45.6 Å². The number of ether oxygens (including phenoxy) is 2. The number of hydrogen-bond donors (Lipinski definition) is 0. The molecule has 0 radical (unpaired) electrons. The van der Waals surface area contributed by atoms with Crippen LogP contribution in [0.25, 0.3) is 11.0 Å². The summed E-state index contributed by atoms with van der Waals surface area (Å²) >= 11 is 6.16. The lowest BCUT2D eigenvalue weighted by atomic mass is 9.97. The molecule has 8 nitrogen and oxygen atoms in total. The van der Waals surface area contributed by atoms with Crippen molar-refractivity contribution < 1.29 is 27.1 Å². The highest BCUT2D eigenvalue weighted by Gasteiger charge is 2.48. The molecule has 1 saturated heterocycles. The third-order valence-electron chi connectivity index (χ3n) is 7.21. The molecule has 3 aromatic carbocycles. The van der Waals surface area contributed by atoms with Crippen LogP contribution in [0.2, 0.25) is 5.02 Å². The zero-order valence-corrected chi connectivity index (χ0v) is 22.5. The Morgan fingerprint density at radius 2 is 1.82 bits per heavy atom. The molecule has 200 valence electrons. The van der Waals surface area contributed by atoms with Crippen LogP contribution >= 0.6 is 11.6 Å². The normalized spacial score (nSPS) is 19.8. The van der Waals surface area contributed by atoms with Gasteiger partial charge in [0.15, 0.2) is 26.8 Å². The highest BCUT2D eigenvalue weighted by Crippen LogP contribution is 2.43. The molecular formula is C29H24ClNO7S.